The first-order chi connectivity index (χ1) is 11.5. The quantitative estimate of drug-likeness (QED) is 0.272. The van der Waals surface area contributed by atoms with E-state index in [1.807, 2.05) is 0 Å². The second-order valence-electron chi connectivity index (χ2n) is 5.37. The van der Waals surface area contributed by atoms with E-state index >= 15 is 0 Å². The first kappa shape index (κ1) is 19.7. The Bertz CT molecular complexity index is 495. The fourth-order valence-corrected chi connectivity index (χ4v) is 2.17. The van der Waals surface area contributed by atoms with Gasteiger partial charge in [0, 0.05) is 12.6 Å². The van der Waals surface area contributed by atoms with Crippen LogP contribution in [-0.4, -0.2) is 66.7 Å². The SMILES string of the molecule is NCCCC[C@H](NC(=O)[C@H](C[C@H]1C=NC=N1)NC(=O)CN)C(=O)O. The molecule has 0 saturated heterocycles. The van der Waals surface area contributed by atoms with Crippen molar-refractivity contribution in [2.45, 2.75) is 43.8 Å². The van der Waals surface area contributed by atoms with Gasteiger partial charge in [0.1, 0.15) is 18.4 Å². The van der Waals surface area contributed by atoms with Gasteiger partial charge in [0.05, 0.1) is 12.6 Å². The number of nitrogens with one attached hydrogen (secondary N) is 2. The van der Waals surface area contributed by atoms with E-state index in [2.05, 4.69) is 20.6 Å². The lowest BCUT2D eigenvalue weighted by Crippen LogP contribution is -2.53. The van der Waals surface area contributed by atoms with Crippen LogP contribution in [-0.2, 0) is 14.4 Å². The number of carbonyl (C=O) groups excluding carboxylic acids is 2. The molecule has 3 atom stereocenters. The Balaban J connectivity index is 2.68. The average molecular weight is 340 g/mol. The van der Waals surface area contributed by atoms with Crippen molar-refractivity contribution in [3.05, 3.63) is 0 Å². The zero-order valence-electron chi connectivity index (χ0n) is 13.4. The van der Waals surface area contributed by atoms with E-state index in [1.54, 1.807) is 6.21 Å². The smallest absolute Gasteiger partial charge is 0.326 e. The summed E-state index contributed by atoms with van der Waals surface area (Å²) in [5.74, 6) is -2.23. The molecule has 0 unspecified atom stereocenters. The molecule has 0 fully saturated rings. The van der Waals surface area contributed by atoms with Crippen molar-refractivity contribution < 1.29 is 19.5 Å². The summed E-state index contributed by atoms with van der Waals surface area (Å²) in [5, 5.41) is 14.1. The normalized spacial score (nSPS) is 18.2. The van der Waals surface area contributed by atoms with E-state index in [9.17, 15) is 19.5 Å². The highest BCUT2D eigenvalue weighted by Gasteiger charge is 2.28. The third-order valence-corrected chi connectivity index (χ3v) is 3.46. The molecule has 10 heteroatoms. The Morgan fingerprint density at radius 2 is 1.92 bits per heavy atom. The second kappa shape index (κ2) is 10.4. The summed E-state index contributed by atoms with van der Waals surface area (Å²) in [5.41, 5.74) is 10.6. The fourth-order valence-electron chi connectivity index (χ4n) is 2.17. The van der Waals surface area contributed by atoms with Crippen molar-refractivity contribution in [1.82, 2.24) is 10.6 Å². The third kappa shape index (κ3) is 6.84. The molecule has 0 aromatic carbocycles. The van der Waals surface area contributed by atoms with Crippen LogP contribution in [0.1, 0.15) is 25.7 Å². The Morgan fingerprint density at radius 1 is 1.17 bits per heavy atom. The molecule has 0 aliphatic carbocycles. The van der Waals surface area contributed by atoms with Crippen LogP contribution in [0.3, 0.4) is 0 Å². The van der Waals surface area contributed by atoms with Crippen LogP contribution in [0.5, 0.6) is 0 Å². The van der Waals surface area contributed by atoms with Crippen LogP contribution in [0.25, 0.3) is 0 Å². The van der Waals surface area contributed by atoms with Crippen LogP contribution in [0.2, 0.25) is 0 Å². The van der Waals surface area contributed by atoms with Crippen molar-refractivity contribution in [3.63, 3.8) is 0 Å². The molecular formula is C14H24N6O4. The molecule has 0 aromatic rings. The van der Waals surface area contributed by atoms with Crippen LogP contribution in [0, 0.1) is 0 Å². The van der Waals surface area contributed by atoms with Crippen molar-refractivity contribution in [3.8, 4) is 0 Å². The number of hydrogen-bond donors (Lipinski definition) is 5. The summed E-state index contributed by atoms with van der Waals surface area (Å²) in [6.07, 6.45) is 4.58. The van der Waals surface area contributed by atoms with Gasteiger partial charge in [-0.15, -0.1) is 0 Å². The highest BCUT2D eigenvalue weighted by Crippen LogP contribution is 2.07. The van der Waals surface area contributed by atoms with Gasteiger partial charge in [-0.3, -0.25) is 14.6 Å². The third-order valence-electron chi connectivity index (χ3n) is 3.46. The molecule has 24 heavy (non-hydrogen) atoms. The summed E-state index contributed by atoms with van der Waals surface area (Å²) in [6.45, 7) is 0.180. The Morgan fingerprint density at radius 3 is 2.46 bits per heavy atom. The molecule has 1 heterocycles. The predicted molar refractivity (Wildman–Crippen MR) is 88.8 cm³/mol. The second-order valence-corrected chi connectivity index (χ2v) is 5.37. The van der Waals surface area contributed by atoms with Crippen LogP contribution < -0.4 is 22.1 Å². The zero-order chi connectivity index (χ0) is 17.9. The number of carbonyl (C=O) groups is 3. The number of aliphatic imine (C=N–C) groups is 2. The largest absolute Gasteiger partial charge is 0.480 e. The highest BCUT2D eigenvalue weighted by atomic mass is 16.4. The van der Waals surface area contributed by atoms with Gasteiger partial charge in [-0.1, -0.05) is 0 Å². The topological polar surface area (TPSA) is 172 Å². The summed E-state index contributed by atoms with van der Waals surface area (Å²) in [7, 11) is 0. The van der Waals surface area contributed by atoms with E-state index in [0.29, 0.717) is 19.4 Å². The van der Waals surface area contributed by atoms with Crippen LogP contribution in [0.4, 0.5) is 0 Å². The molecule has 0 bridgehead atoms. The number of unbranched alkanes of at least 4 members (excludes halogenated alkanes) is 1. The number of nitrogens with zero attached hydrogens (tertiary/aromatic N) is 2. The Kier molecular flexibility index (Phi) is 8.58. The zero-order valence-corrected chi connectivity index (χ0v) is 13.4. The Hall–Kier alpha value is -2.33. The van der Waals surface area contributed by atoms with Crippen molar-refractivity contribution in [1.29, 1.82) is 0 Å². The number of hydrogen-bond acceptors (Lipinski definition) is 7. The molecule has 7 N–H and O–H groups in total. The summed E-state index contributed by atoms with van der Waals surface area (Å²) >= 11 is 0. The lowest BCUT2D eigenvalue weighted by atomic mass is 10.1. The molecule has 0 aromatic heterocycles. The number of carboxylic acid groups (broad SMARTS) is 1. The standard InChI is InChI=1S/C14H24N6O4/c15-4-2-1-3-10(14(23)24)20-13(22)11(19-12(21)6-16)5-9-7-17-8-18-9/h7-11H,1-6,15-16H2,(H,19,21)(H,20,22)(H,23,24)/t9-,10-,11-/m0/s1. The van der Waals surface area contributed by atoms with Crippen molar-refractivity contribution in [2.24, 2.45) is 21.5 Å². The van der Waals surface area contributed by atoms with Crippen LogP contribution >= 0.6 is 0 Å². The summed E-state index contributed by atoms with van der Waals surface area (Å²) < 4.78 is 0. The minimum absolute atomic E-state index is 0.173. The molecule has 0 radical (unpaired) electrons. The number of amides is 2. The first-order valence-corrected chi connectivity index (χ1v) is 7.75. The van der Waals surface area contributed by atoms with Gasteiger partial charge in [0.25, 0.3) is 0 Å². The van der Waals surface area contributed by atoms with E-state index in [1.165, 1.54) is 6.34 Å². The lowest BCUT2D eigenvalue weighted by Gasteiger charge is -2.22. The number of aliphatic carboxylic acids is 1. The maximum atomic E-state index is 12.4. The molecule has 1 aliphatic rings. The van der Waals surface area contributed by atoms with E-state index in [-0.39, 0.29) is 25.4 Å². The molecule has 2 amide bonds. The van der Waals surface area contributed by atoms with E-state index in [0.717, 1.165) is 0 Å². The van der Waals surface area contributed by atoms with Gasteiger partial charge in [-0.05, 0) is 25.8 Å². The fraction of sp³-hybridized carbons (Fsp3) is 0.643. The first-order valence-electron chi connectivity index (χ1n) is 7.75. The molecular weight excluding hydrogens is 316 g/mol. The molecule has 0 saturated carbocycles. The maximum absolute atomic E-state index is 12.4. The molecule has 134 valence electrons. The Labute approximate surface area is 139 Å². The van der Waals surface area contributed by atoms with E-state index in [4.69, 9.17) is 11.5 Å². The summed E-state index contributed by atoms with van der Waals surface area (Å²) in [4.78, 5) is 43.0. The number of nitrogens with two attached hydrogens (primary N) is 2. The molecule has 10 nitrogen and oxygen atoms in total. The van der Waals surface area contributed by atoms with Gasteiger partial charge in [-0.25, -0.2) is 9.79 Å². The highest BCUT2D eigenvalue weighted by molar-refractivity contribution is 5.91. The lowest BCUT2D eigenvalue weighted by molar-refractivity contribution is -0.142. The monoisotopic (exact) mass is 340 g/mol. The molecule has 0 spiro atoms. The number of rotatable bonds is 11. The minimum atomic E-state index is -1.13. The average Bonchev–Trinajstić information content (AvgIpc) is 3.06. The predicted octanol–water partition coefficient (Wildman–Crippen LogP) is -2.00. The van der Waals surface area contributed by atoms with Gasteiger partial charge in [0.15, 0.2) is 0 Å². The van der Waals surface area contributed by atoms with Crippen molar-refractivity contribution >= 4 is 30.3 Å². The summed E-state index contributed by atoms with van der Waals surface area (Å²) in [6, 6.07) is -2.33. The van der Waals surface area contributed by atoms with Gasteiger partial charge < -0.3 is 27.2 Å². The maximum Gasteiger partial charge on any atom is 0.326 e. The van der Waals surface area contributed by atoms with Gasteiger partial charge in [0.2, 0.25) is 11.8 Å². The minimum Gasteiger partial charge on any atom is -0.480 e. The van der Waals surface area contributed by atoms with Gasteiger partial charge in [-0.2, -0.15) is 0 Å². The molecule has 1 aliphatic heterocycles. The van der Waals surface area contributed by atoms with E-state index < -0.39 is 29.9 Å². The van der Waals surface area contributed by atoms with Crippen molar-refractivity contribution in [2.75, 3.05) is 13.1 Å². The van der Waals surface area contributed by atoms with Crippen LogP contribution in [0.15, 0.2) is 9.98 Å². The van der Waals surface area contributed by atoms with Gasteiger partial charge >= 0.3 is 5.97 Å². The number of carboxylic acids is 1. The molecule has 1 rings (SSSR count).